The van der Waals surface area contributed by atoms with E-state index in [1.807, 2.05) is 0 Å². The van der Waals surface area contributed by atoms with Crippen LogP contribution in [0.5, 0.6) is 0 Å². The average Bonchev–Trinajstić information content (AvgIpc) is 2.89. The minimum Gasteiger partial charge on any atom is -0.465 e. The average molecular weight is 441 g/mol. The molecule has 0 N–H and O–H groups in total. The lowest BCUT2D eigenvalue weighted by Gasteiger charge is -2.18. The molecule has 0 saturated carbocycles. The van der Waals surface area contributed by atoms with E-state index < -0.39 is 17.7 Å². The fourth-order valence-electron chi connectivity index (χ4n) is 2.89. The van der Waals surface area contributed by atoms with E-state index in [1.54, 1.807) is 19.1 Å². The van der Waals surface area contributed by atoms with Crippen molar-refractivity contribution in [1.29, 1.82) is 0 Å². The van der Waals surface area contributed by atoms with Crippen LogP contribution in [0.2, 0.25) is 15.1 Å². The summed E-state index contributed by atoms with van der Waals surface area (Å²) in [7, 11) is 1.22. The van der Waals surface area contributed by atoms with Gasteiger partial charge in [0.05, 0.1) is 29.0 Å². The maximum absolute atomic E-state index is 13.5. The number of amides is 1. The quantitative estimate of drug-likeness (QED) is 0.457. The van der Waals surface area contributed by atoms with Gasteiger partial charge >= 0.3 is 5.97 Å². The molecule has 0 bridgehead atoms. The fourth-order valence-corrected chi connectivity index (χ4v) is 3.53. The number of ether oxygens (including phenoxy) is 1. The van der Waals surface area contributed by atoms with E-state index in [-0.39, 0.29) is 16.2 Å². The largest absolute Gasteiger partial charge is 0.465 e. The first-order valence-electron chi connectivity index (χ1n) is 8.00. The van der Waals surface area contributed by atoms with Gasteiger partial charge in [0, 0.05) is 15.7 Å². The summed E-state index contributed by atoms with van der Waals surface area (Å²) in [5.74, 6) is -1.79. The van der Waals surface area contributed by atoms with Gasteiger partial charge in [0.1, 0.15) is 5.82 Å². The zero-order valence-electron chi connectivity index (χ0n) is 14.7. The predicted molar refractivity (Wildman–Crippen MR) is 108 cm³/mol. The third-order valence-electron chi connectivity index (χ3n) is 4.21. The highest BCUT2D eigenvalue weighted by Gasteiger charge is 2.38. The molecule has 0 fully saturated rings. The summed E-state index contributed by atoms with van der Waals surface area (Å²) in [4.78, 5) is 26.8. The van der Waals surface area contributed by atoms with Gasteiger partial charge in [0.15, 0.2) is 0 Å². The number of hydrogen-bond donors (Lipinski definition) is 0. The SMILES string of the molecule is COC(=O)C1=C(C)N(c2ccc(F)c(Cl)c2)C(=O)/C1=C\c1ccc(Cl)cc1Cl. The summed E-state index contributed by atoms with van der Waals surface area (Å²) in [6, 6.07) is 8.63. The number of halogens is 4. The van der Waals surface area contributed by atoms with Crippen molar-refractivity contribution < 1.29 is 18.7 Å². The van der Waals surface area contributed by atoms with Gasteiger partial charge in [-0.05, 0) is 48.9 Å². The number of hydrogen-bond acceptors (Lipinski definition) is 3. The molecule has 1 amide bonds. The van der Waals surface area contributed by atoms with Gasteiger partial charge in [-0.15, -0.1) is 0 Å². The van der Waals surface area contributed by atoms with Crippen molar-refractivity contribution in [3.8, 4) is 0 Å². The zero-order valence-corrected chi connectivity index (χ0v) is 17.0. The molecule has 0 aromatic heterocycles. The molecule has 0 radical (unpaired) electrons. The molecule has 2 aromatic carbocycles. The Morgan fingerprint density at radius 1 is 1.11 bits per heavy atom. The number of carbonyl (C=O) groups excluding carboxylic acids is 2. The van der Waals surface area contributed by atoms with Gasteiger partial charge < -0.3 is 4.74 Å². The Bertz CT molecular complexity index is 1060. The van der Waals surface area contributed by atoms with Crippen LogP contribution in [0.4, 0.5) is 10.1 Å². The molecule has 0 unspecified atom stereocenters. The van der Waals surface area contributed by atoms with Crippen molar-refractivity contribution in [1.82, 2.24) is 0 Å². The number of rotatable bonds is 3. The molecular formula is C20H13Cl3FNO3. The number of nitrogens with zero attached hydrogens (tertiary/aromatic N) is 1. The van der Waals surface area contributed by atoms with Crippen LogP contribution in [0.1, 0.15) is 12.5 Å². The minimum atomic E-state index is -0.683. The summed E-state index contributed by atoms with van der Waals surface area (Å²) in [5.41, 5.74) is 1.33. The number of benzene rings is 2. The first-order valence-corrected chi connectivity index (χ1v) is 9.13. The Hall–Kier alpha value is -2.34. The van der Waals surface area contributed by atoms with Crippen LogP contribution in [-0.2, 0) is 14.3 Å². The first-order chi connectivity index (χ1) is 13.2. The molecule has 8 heteroatoms. The summed E-state index contributed by atoms with van der Waals surface area (Å²) in [6.07, 6.45) is 1.49. The number of methoxy groups -OCH3 is 1. The maximum atomic E-state index is 13.5. The van der Waals surface area contributed by atoms with Crippen molar-refractivity contribution in [3.05, 3.63) is 79.7 Å². The zero-order chi connectivity index (χ0) is 20.6. The van der Waals surface area contributed by atoms with Crippen LogP contribution in [0.25, 0.3) is 6.08 Å². The summed E-state index contributed by atoms with van der Waals surface area (Å²) in [6.45, 7) is 1.59. The molecule has 0 saturated heterocycles. The van der Waals surface area contributed by atoms with Crippen molar-refractivity contribution >= 4 is 58.4 Å². The van der Waals surface area contributed by atoms with E-state index in [9.17, 15) is 14.0 Å². The molecule has 0 aliphatic carbocycles. The molecule has 2 aromatic rings. The lowest BCUT2D eigenvalue weighted by Crippen LogP contribution is -2.24. The van der Waals surface area contributed by atoms with Crippen LogP contribution in [-0.4, -0.2) is 19.0 Å². The maximum Gasteiger partial charge on any atom is 0.340 e. The Morgan fingerprint density at radius 3 is 2.43 bits per heavy atom. The van der Waals surface area contributed by atoms with Crippen molar-refractivity contribution in [3.63, 3.8) is 0 Å². The molecule has 1 aliphatic heterocycles. The van der Waals surface area contributed by atoms with E-state index in [0.717, 1.165) is 6.07 Å². The highest BCUT2D eigenvalue weighted by atomic mass is 35.5. The van der Waals surface area contributed by atoms with E-state index >= 15 is 0 Å². The molecule has 0 spiro atoms. The van der Waals surface area contributed by atoms with Crippen molar-refractivity contribution in [2.45, 2.75) is 6.92 Å². The summed E-state index contributed by atoms with van der Waals surface area (Å²) >= 11 is 18.0. The summed E-state index contributed by atoms with van der Waals surface area (Å²) < 4.78 is 18.4. The Kier molecular flexibility index (Phi) is 5.79. The number of esters is 1. The molecule has 28 heavy (non-hydrogen) atoms. The van der Waals surface area contributed by atoms with E-state index in [4.69, 9.17) is 39.5 Å². The fraction of sp³-hybridized carbons (Fsp3) is 0.100. The second-order valence-corrected chi connectivity index (χ2v) is 7.17. The number of carbonyl (C=O) groups is 2. The Labute approximate surface area is 175 Å². The predicted octanol–water partition coefficient (Wildman–Crippen LogP) is 5.66. The van der Waals surface area contributed by atoms with Crippen molar-refractivity contribution in [2.75, 3.05) is 12.0 Å². The minimum absolute atomic E-state index is 0.0824. The lowest BCUT2D eigenvalue weighted by atomic mass is 10.0. The van der Waals surface area contributed by atoms with E-state index in [1.165, 1.54) is 36.3 Å². The second kappa shape index (κ2) is 7.95. The van der Waals surface area contributed by atoms with Gasteiger partial charge in [-0.25, -0.2) is 9.18 Å². The monoisotopic (exact) mass is 439 g/mol. The van der Waals surface area contributed by atoms with Crippen LogP contribution in [0.15, 0.2) is 53.2 Å². The topological polar surface area (TPSA) is 46.6 Å². The normalized spacial score (nSPS) is 15.6. The van der Waals surface area contributed by atoms with Crippen LogP contribution >= 0.6 is 34.8 Å². The first kappa shape index (κ1) is 20.4. The molecule has 3 rings (SSSR count). The van der Waals surface area contributed by atoms with Crippen LogP contribution < -0.4 is 4.90 Å². The Morgan fingerprint density at radius 2 is 1.82 bits per heavy atom. The van der Waals surface area contributed by atoms with E-state index in [0.29, 0.717) is 27.0 Å². The second-order valence-electron chi connectivity index (χ2n) is 5.91. The molecule has 1 aliphatic rings. The van der Waals surface area contributed by atoms with Crippen LogP contribution in [0, 0.1) is 5.82 Å². The highest BCUT2D eigenvalue weighted by molar-refractivity contribution is 6.36. The van der Waals surface area contributed by atoms with Gasteiger partial charge in [0.2, 0.25) is 0 Å². The molecule has 0 atom stereocenters. The number of allylic oxidation sites excluding steroid dienone is 1. The van der Waals surface area contributed by atoms with Crippen LogP contribution in [0.3, 0.4) is 0 Å². The van der Waals surface area contributed by atoms with Crippen molar-refractivity contribution in [2.24, 2.45) is 0 Å². The third-order valence-corrected chi connectivity index (χ3v) is 5.07. The molecule has 144 valence electrons. The highest BCUT2D eigenvalue weighted by Crippen LogP contribution is 2.37. The van der Waals surface area contributed by atoms with Gasteiger partial charge in [-0.3, -0.25) is 9.69 Å². The smallest absolute Gasteiger partial charge is 0.340 e. The molecule has 4 nitrogen and oxygen atoms in total. The summed E-state index contributed by atoms with van der Waals surface area (Å²) in [5, 5.41) is 0.612. The standard InChI is InChI=1S/C20H13Cl3FNO3/c1-10-18(20(27)28-2)14(7-11-3-4-12(21)8-15(11)22)19(26)25(10)13-5-6-17(24)16(23)9-13/h3-9H,1-2H3/b14-7-. The Balaban J connectivity index is 2.17. The molecular weight excluding hydrogens is 428 g/mol. The van der Waals surface area contributed by atoms with E-state index in [2.05, 4.69) is 0 Å². The number of anilines is 1. The molecule has 1 heterocycles. The van der Waals surface area contributed by atoms with Gasteiger partial charge in [-0.2, -0.15) is 0 Å². The van der Waals surface area contributed by atoms with Gasteiger partial charge in [-0.1, -0.05) is 40.9 Å². The third kappa shape index (κ3) is 3.65. The lowest BCUT2D eigenvalue weighted by molar-refractivity contribution is -0.136. The van der Waals surface area contributed by atoms with Gasteiger partial charge in [0.25, 0.3) is 5.91 Å².